The first-order valence-electron chi connectivity index (χ1n) is 6.03. The van der Waals surface area contributed by atoms with E-state index in [-0.39, 0.29) is 11.9 Å². The zero-order valence-corrected chi connectivity index (χ0v) is 10.7. The molecule has 1 aliphatic rings. The number of methoxy groups -OCH3 is 1. The van der Waals surface area contributed by atoms with Crippen molar-refractivity contribution in [1.29, 1.82) is 0 Å². The third-order valence-corrected chi connectivity index (χ3v) is 3.46. The summed E-state index contributed by atoms with van der Waals surface area (Å²) in [6, 6.07) is 2.89. The number of aliphatic hydroxyl groups excluding tert-OH is 1. The number of nitrogens with zero attached hydrogens (tertiary/aromatic N) is 1. The lowest BCUT2D eigenvalue weighted by Crippen LogP contribution is -2.37. The summed E-state index contributed by atoms with van der Waals surface area (Å²) in [6.07, 6.45) is 1.48. The number of ether oxygens (including phenoxy) is 1. The average Bonchev–Trinajstić information content (AvgIpc) is 2.27. The number of hydrogen-bond donors (Lipinski definition) is 2. The van der Waals surface area contributed by atoms with Gasteiger partial charge in [-0.2, -0.15) is 0 Å². The monoisotopic (exact) mass is 254 g/mol. The standard InChI is InChI=1S/C13H19FN2O2/c1-16(7-8-3-9(17)4-8)12-6-13(18-2)10(14)5-11(12)15/h5-6,8-9,17H,3-4,7,15H2,1-2H3. The first kappa shape index (κ1) is 13.0. The lowest BCUT2D eigenvalue weighted by Gasteiger charge is -2.35. The number of rotatable bonds is 4. The normalized spacial score (nSPS) is 22.4. The summed E-state index contributed by atoms with van der Waals surface area (Å²) < 4.78 is 18.4. The Hall–Kier alpha value is -1.49. The minimum Gasteiger partial charge on any atom is -0.494 e. The predicted octanol–water partition coefficient (Wildman–Crippen LogP) is 1.62. The molecule has 5 heteroatoms. The van der Waals surface area contributed by atoms with Gasteiger partial charge in [-0.15, -0.1) is 0 Å². The Kier molecular flexibility index (Phi) is 3.61. The Morgan fingerprint density at radius 3 is 2.72 bits per heavy atom. The fourth-order valence-corrected chi connectivity index (χ4v) is 2.38. The Bertz CT molecular complexity index is 433. The van der Waals surface area contributed by atoms with E-state index in [1.54, 1.807) is 6.07 Å². The molecule has 1 aliphatic carbocycles. The van der Waals surface area contributed by atoms with E-state index in [1.165, 1.54) is 13.2 Å². The largest absolute Gasteiger partial charge is 0.494 e. The highest BCUT2D eigenvalue weighted by atomic mass is 19.1. The quantitative estimate of drug-likeness (QED) is 0.802. The van der Waals surface area contributed by atoms with E-state index in [1.807, 2.05) is 11.9 Å². The van der Waals surface area contributed by atoms with Gasteiger partial charge in [0.15, 0.2) is 11.6 Å². The third-order valence-electron chi connectivity index (χ3n) is 3.46. The van der Waals surface area contributed by atoms with Gasteiger partial charge in [0.1, 0.15) is 0 Å². The van der Waals surface area contributed by atoms with Crippen LogP contribution in [0.2, 0.25) is 0 Å². The van der Waals surface area contributed by atoms with Crippen molar-refractivity contribution in [3.63, 3.8) is 0 Å². The first-order chi connectivity index (χ1) is 8.51. The van der Waals surface area contributed by atoms with Gasteiger partial charge in [-0.1, -0.05) is 0 Å². The second kappa shape index (κ2) is 5.02. The van der Waals surface area contributed by atoms with Crippen molar-refractivity contribution in [2.75, 3.05) is 31.3 Å². The number of benzene rings is 1. The molecule has 0 saturated heterocycles. The topological polar surface area (TPSA) is 58.7 Å². The third kappa shape index (κ3) is 2.51. The number of nitrogen functional groups attached to an aromatic ring is 1. The van der Waals surface area contributed by atoms with Crippen LogP contribution in [0.1, 0.15) is 12.8 Å². The van der Waals surface area contributed by atoms with Gasteiger partial charge in [0.25, 0.3) is 0 Å². The summed E-state index contributed by atoms with van der Waals surface area (Å²) in [5, 5.41) is 9.26. The minimum atomic E-state index is -0.453. The van der Waals surface area contributed by atoms with Crippen molar-refractivity contribution >= 4 is 11.4 Å². The molecule has 0 atom stereocenters. The highest BCUT2D eigenvalue weighted by Gasteiger charge is 2.28. The number of halogens is 1. The fraction of sp³-hybridized carbons (Fsp3) is 0.538. The number of anilines is 2. The summed E-state index contributed by atoms with van der Waals surface area (Å²) in [5.74, 6) is 0.214. The van der Waals surface area contributed by atoms with Gasteiger partial charge in [-0.05, 0) is 18.8 Å². The van der Waals surface area contributed by atoms with Crippen molar-refractivity contribution in [2.45, 2.75) is 18.9 Å². The zero-order valence-electron chi connectivity index (χ0n) is 10.7. The van der Waals surface area contributed by atoms with Crippen LogP contribution in [0.5, 0.6) is 5.75 Å². The van der Waals surface area contributed by atoms with Gasteiger partial charge in [0, 0.05) is 25.7 Å². The molecule has 0 spiro atoms. The second-order valence-corrected chi connectivity index (χ2v) is 4.92. The number of nitrogens with two attached hydrogens (primary N) is 1. The molecule has 0 radical (unpaired) electrons. The van der Waals surface area contributed by atoms with Crippen LogP contribution < -0.4 is 15.4 Å². The van der Waals surface area contributed by atoms with Crippen molar-refractivity contribution in [3.05, 3.63) is 17.9 Å². The minimum absolute atomic E-state index is 0.163. The van der Waals surface area contributed by atoms with E-state index in [0.717, 1.165) is 25.1 Å². The van der Waals surface area contributed by atoms with Crippen LogP contribution in [0.3, 0.4) is 0 Å². The summed E-state index contributed by atoms with van der Waals surface area (Å²) in [6.45, 7) is 0.802. The summed E-state index contributed by atoms with van der Waals surface area (Å²) in [4.78, 5) is 1.98. The Balaban J connectivity index is 2.11. The maximum Gasteiger partial charge on any atom is 0.167 e. The van der Waals surface area contributed by atoms with Crippen LogP contribution in [0, 0.1) is 11.7 Å². The van der Waals surface area contributed by atoms with Gasteiger partial charge in [-0.3, -0.25) is 0 Å². The molecule has 4 nitrogen and oxygen atoms in total. The van der Waals surface area contributed by atoms with Crippen LogP contribution >= 0.6 is 0 Å². The molecule has 1 aromatic carbocycles. The van der Waals surface area contributed by atoms with Crippen molar-refractivity contribution < 1.29 is 14.2 Å². The Labute approximate surface area is 106 Å². The van der Waals surface area contributed by atoms with E-state index >= 15 is 0 Å². The van der Waals surface area contributed by atoms with Gasteiger partial charge >= 0.3 is 0 Å². The molecule has 0 aromatic heterocycles. The molecular weight excluding hydrogens is 235 g/mol. The summed E-state index contributed by atoms with van der Waals surface area (Å²) in [7, 11) is 3.34. The second-order valence-electron chi connectivity index (χ2n) is 4.92. The molecular formula is C13H19FN2O2. The number of aliphatic hydroxyl groups is 1. The van der Waals surface area contributed by atoms with Crippen molar-refractivity contribution in [3.8, 4) is 5.75 Å². The van der Waals surface area contributed by atoms with Crippen LogP contribution in [-0.4, -0.2) is 31.9 Å². The van der Waals surface area contributed by atoms with E-state index in [2.05, 4.69) is 0 Å². The van der Waals surface area contributed by atoms with E-state index in [9.17, 15) is 9.50 Å². The summed E-state index contributed by atoms with van der Waals surface area (Å²) in [5.41, 5.74) is 6.98. The van der Waals surface area contributed by atoms with Gasteiger partial charge < -0.3 is 20.5 Å². The van der Waals surface area contributed by atoms with E-state index < -0.39 is 5.82 Å². The number of hydrogen-bond acceptors (Lipinski definition) is 4. The SMILES string of the molecule is COc1cc(N(C)CC2CC(O)C2)c(N)cc1F. The molecule has 1 aromatic rings. The van der Waals surface area contributed by atoms with Crippen molar-refractivity contribution in [2.24, 2.45) is 5.92 Å². The molecule has 1 fully saturated rings. The maximum absolute atomic E-state index is 13.4. The highest BCUT2D eigenvalue weighted by molar-refractivity contribution is 5.69. The maximum atomic E-state index is 13.4. The molecule has 0 heterocycles. The van der Waals surface area contributed by atoms with E-state index in [4.69, 9.17) is 10.5 Å². The zero-order chi connectivity index (χ0) is 13.3. The molecule has 0 aliphatic heterocycles. The smallest absolute Gasteiger partial charge is 0.167 e. The van der Waals surface area contributed by atoms with Crippen LogP contribution in [0.4, 0.5) is 15.8 Å². The molecule has 100 valence electrons. The Morgan fingerprint density at radius 1 is 1.50 bits per heavy atom. The fourth-order valence-electron chi connectivity index (χ4n) is 2.38. The van der Waals surface area contributed by atoms with E-state index in [0.29, 0.717) is 11.6 Å². The lowest BCUT2D eigenvalue weighted by atomic mass is 9.82. The average molecular weight is 254 g/mol. The molecule has 2 rings (SSSR count). The molecule has 18 heavy (non-hydrogen) atoms. The van der Waals surface area contributed by atoms with Gasteiger partial charge in [0.2, 0.25) is 0 Å². The van der Waals surface area contributed by atoms with Gasteiger partial charge in [-0.25, -0.2) is 4.39 Å². The lowest BCUT2D eigenvalue weighted by molar-refractivity contribution is 0.0465. The molecule has 0 unspecified atom stereocenters. The van der Waals surface area contributed by atoms with Crippen LogP contribution in [0.25, 0.3) is 0 Å². The predicted molar refractivity (Wildman–Crippen MR) is 69.4 cm³/mol. The molecule has 0 amide bonds. The molecule has 1 saturated carbocycles. The first-order valence-corrected chi connectivity index (χ1v) is 6.03. The van der Waals surface area contributed by atoms with Crippen LogP contribution in [-0.2, 0) is 0 Å². The summed E-state index contributed by atoms with van der Waals surface area (Å²) >= 11 is 0. The molecule has 0 bridgehead atoms. The van der Waals surface area contributed by atoms with Crippen LogP contribution in [0.15, 0.2) is 12.1 Å². The van der Waals surface area contributed by atoms with Gasteiger partial charge in [0.05, 0.1) is 24.6 Å². The highest BCUT2D eigenvalue weighted by Crippen LogP contribution is 2.33. The Morgan fingerprint density at radius 2 is 2.17 bits per heavy atom. The molecule has 3 N–H and O–H groups in total. The van der Waals surface area contributed by atoms with Crippen molar-refractivity contribution in [1.82, 2.24) is 0 Å².